The summed E-state index contributed by atoms with van der Waals surface area (Å²) < 4.78 is 5.09. The lowest BCUT2D eigenvalue weighted by Crippen LogP contribution is -2.21. The molecule has 1 aromatic carbocycles. The Labute approximate surface area is 101 Å². The molecule has 0 spiro atoms. The van der Waals surface area contributed by atoms with Crippen LogP contribution in [-0.2, 0) is 16.1 Å². The maximum Gasteiger partial charge on any atom is 0.308 e. The maximum atomic E-state index is 11.1. The van der Waals surface area contributed by atoms with E-state index in [0.717, 1.165) is 17.7 Å². The lowest BCUT2D eigenvalue weighted by molar-refractivity contribution is -0.141. The molecule has 1 saturated heterocycles. The molecule has 0 aliphatic carbocycles. The molecule has 2 rings (SSSR count). The van der Waals surface area contributed by atoms with Gasteiger partial charge in [-0.2, -0.15) is 0 Å². The number of hydrogen-bond donors (Lipinski definition) is 2. The fourth-order valence-corrected chi connectivity index (χ4v) is 2.37. The third-order valence-corrected chi connectivity index (χ3v) is 3.22. The Bertz CT molecular complexity index is 405. The van der Waals surface area contributed by atoms with Gasteiger partial charge in [-0.15, -0.1) is 0 Å². The van der Waals surface area contributed by atoms with Crippen molar-refractivity contribution in [2.24, 2.45) is 5.92 Å². The number of aliphatic carboxylic acids is 1. The first-order chi connectivity index (χ1) is 8.22. The van der Waals surface area contributed by atoms with Crippen LogP contribution in [0.1, 0.15) is 17.0 Å². The molecule has 0 amide bonds. The van der Waals surface area contributed by atoms with Gasteiger partial charge in [0.15, 0.2) is 0 Å². The molecule has 0 aromatic heterocycles. The number of carboxylic acids is 1. The van der Waals surface area contributed by atoms with E-state index in [2.05, 4.69) is 5.32 Å². The predicted octanol–water partition coefficient (Wildman–Crippen LogP) is 1.22. The van der Waals surface area contributed by atoms with Crippen LogP contribution in [-0.4, -0.2) is 31.3 Å². The van der Waals surface area contributed by atoms with Gasteiger partial charge in [-0.05, 0) is 11.1 Å². The van der Waals surface area contributed by atoms with Crippen LogP contribution < -0.4 is 5.32 Å². The summed E-state index contributed by atoms with van der Waals surface area (Å²) in [5.41, 5.74) is 2.16. The van der Waals surface area contributed by atoms with Crippen LogP contribution >= 0.6 is 0 Å². The first kappa shape index (κ1) is 12.1. The molecule has 1 aromatic rings. The summed E-state index contributed by atoms with van der Waals surface area (Å²) in [4.78, 5) is 11.1. The number of hydrogen-bond acceptors (Lipinski definition) is 3. The Morgan fingerprint density at radius 3 is 3.06 bits per heavy atom. The number of methoxy groups -OCH3 is 1. The SMILES string of the molecule is COCc1cccc(C2CNCC2C(=O)O)c1. The van der Waals surface area contributed by atoms with E-state index in [1.807, 2.05) is 24.3 Å². The van der Waals surface area contributed by atoms with E-state index in [1.54, 1.807) is 7.11 Å². The van der Waals surface area contributed by atoms with Gasteiger partial charge in [-0.1, -0.05) is 24.3 Å². The van der Waals surface area contributed by atoms with Crippen molar-refractivity contribution in [3.05, 3.63) is 35.4 Å². The topological polar surface area (TPSA) is 58.6 Å². The summed E-state index contributed by atoms with van der Waals surface area (Å²) in [5.74, 6) is -0.991. The van der Waals surface area contributed by atoms with Crippen molar-refractivity contribution in [2.45, 2.75) is 12.5 Å². The molecule has 2 unspecified atom stereocenters. The zero-order valence-electron chi connectivity index (χ0n) is 9.85. The predicted molar refractivity (Wildman–Crippen MR) is 63.9 cm³/mol. The van der Waals surface area contributed by atoms with Crippen LogP contribution in [0.2, 0.25) is 0 Å². The Morgan fingerprint density at radius 2 is 2.35 bits per heavy atom. The number of rotatable bonds is 4. The highest BCUT2D eigenvalue weighted by atomic mass is 16.5. The van der Waals surface area contributed by atoms with E-state index in [0.29, 0.717) is 13.2 Å². The molecule has 0 bridgehead atoms. The van der Waals surface area contributed by atoms with E-state index in [1.165, 1.54) is 0 Å². The average Bonchev–Trinajstić information content (AvgIpc) is 2.79. The van der Waals surface area contributed by atoms with Crippen molar-refractivity contribution in [3.63, 3.8) is 0 Å². The third kappa shape index (κ3) is 2.65. The zero-order chi connectivity index (χ0) is 12.3. The Balaban J connectivity index is 2.21. The molecular formula is C13H17NO3. The summed E-state index contributed by atoms with van der Waals surface area (Å²) in [6.45, 7) is 1.84. The number of ether oxygens (including phenoxy) is 1. The molecule has 17 heavy (non-hydrogen) atoms. The molecular weight excluding hydrogens is 218 g/mol. The van der Waals surface area contributed by atoms with Crippen LogP contribution in [0, 0.1) is 5.92 Å². The van der Waals surface area contributed by atoms with Crippen LogP contribution in [0.4, 0.5) is 0 Å². The van der Waals surface area contributed by atoms with E-state index in [4.69, 9.17) is 9.84 Å². The molecule has 4 nitrogen and oxygen atoms in total. The standard InChI is InChI=1S/C13H17NO3/c1-17-8-9-3-2-4-10(5-9)11-6-14-7-12(11)13(15)16/h2-5,11-12,14H,6-8H2,1H3,(H,15,16). The van der Waals surface area contributed by atoms with Gasteiger partial charge in [0.25, 0.3) is 0 Å². The minimum Gasteiger partial charge on any atom is -0.481 e. The van der Waals surface area contributed by atoms with Gasteiger partial charge in [-0.25, -0.2) is 0 Å². The number of carbonyl (C=O) groups is 1. The van der Waals surface area contributed by atoms with Crippen molar-refractivity contribution >= 4 is 5.97 Å². The van der Waals surface area contributed by atoms with Crippen LogP contribution in [0.15, 0.2) is 24.3 Å². The molecule has 1 heterocycles. The largest absolute Gasteiger partial charge is 0.481 e. The molecule has 2 N–H and O–H groups in total. The normalized spacial score (nSPS) is 23.8. The van der Waals surface area contributed by atoms with E-state index >= 15 is 0 Å². The highest BCUT2D eigenvalue weighted by Crippen LogP contribution is 2.28. The Kier molecular flexibility index (Phi) is 3.76. The second-order valence-corrected chi connectivity index (χ2v) is 4.39. The van der Waals surface area contributed by atoms with Crippen LogP contribution in [0.25, 0.3) is 0 Å². The van der Waals surface area contributed by atoms with Crippen molar-refractivity contribution in [1.82, 2.24) is 5.32 Å². The molecule has 0 radical (unpaired) electrons. The second kappa shape index (κ2) is 5.29. The molecule has 2 atom stereocenters. The van der Waals surface area contributed by atoms with Crippen molar-refractivity contribution in [3.8, 4) is 0 Å². The second-order valence-electron chi connectivity index (χ2n) is 4.39. The van der Waals surface area contributed by atoms with Crippen molar-refractivity contribution < 1.29 is 14.6 Å². The lowest BCUT2D eigenvalue weighted by Gasteiger charge is -2.15. The first-order valence-electron chi connectivity index (χ1n) is 5.73. The molecule has 1 fully saturated rings. The van der Waals surface area contributed by atoms with Gasteiger partial charge in [0.1, 0.15) is 0 Å². The Morgan fingerprint density at radius 1 is 1.53 bits per heavy atom. The number of nitrogens with one attached hydrogen (secondary N) is 1. The summed E-state index contributed by atoms with van der Waals surface area (Å²) >= 11 is 0. The summed E-state index contributed by atoms with van der Waals surface area (Å²) in [6.07, 6.45) is 0. The minimum atomic E-state index is -0.725. The van der Waals surface area contributed by atoms with Crippen LogP contribution in [0.5, 0.6) is 0 Å². The van der Waals surface area contributed by atoms with Crippen molar-refractivity contribution in [2.75, 3.05) is 20.2 Å². The van der Waals surface area contributed by atoms with E-state index < -0.39 is 5.97 Å². The van der Waals surface area contributed by atoms with E-state index in [9.17, 15) is 4.79 Å². The monoisotopic (exact) mass is 235 g/mol. The highest BCUT2D eigenvalue weighted by molar-refractivity contribution is 5.72. The van der Waals surface area contributed by atoms with Crippen molar-refractivity contribution in [1.29, 1.82) is 0 Å². The number of carboxylic acid groups (broad SMARTS) is 1. The van der Waals surface area contributed by atoms with Gasteiger partial charge in [0.05, 0.1) is 12.5 Å². The zero-order valence-corrected chi connectivity index (χ0v) is 9.85. The van der Waals surface area contributed by atoms with Crippen LogP contribution in [0.3, 0.4) is 0 Å². The van der Waals surface area contributed by atoms with Gasteiger partial charge >= 0.3 is 5.97 Å². The average molecular weight is 235 g/mol. The smallest absolute Gasteiger partial charge is 0.308 e. The Hall–Kier alpha value is -1.39. The quantitative estimate of drug-likeness (QED) is 0.824. The summed E-state index contributed by atoms with van der Waals surface area (Å²) in [6, 6.07) is 7.98. The molecule has 92 valence electrons. The summed E-state index contributed by atoms with van der Waals surface area (Å²) in [5, 5.41) is 12.3. The number of benzene rings is 1. The first-order valence-corrected chi connectivity index (χ1v) is 5.73. The van der Waals surface area contributed by atoms with Gasteiger partial charge in [0, 0.05) is 26.1 Å². The molecule has 0 saturated carbocycles. The maximum absolute atomic E-state index is 11.1. The lowest BCUT2D eigenvalue weighted by atomic mass is 9.88. The summed E-state index contributed by atoms with van der Waals surface area (Å²) in [7, 11) is 1.66. The van der Waals surface area contributed by atoms with Gasteiger partial charge in [0.2, 0.25) is 0 Å². The minimum absolute atomic E-state index is 0.0595. The molecule has 1 aliphatic heterocycles. The fourth-order valence-electron chi connectivity index (χ4n) is 2.37. The molecule has 4 heteroatoms. The highest BCUT2D eigenvalue weighted by Gasteiger charge is 2.33. The van der Waals surface area contributed by atoms with E-state index in [-0.39, 0.29) is 11.8 Å². The third-order valence-electron chi connectivity index (χ3n) is 3.22. The van der Waals surface area contributed by atoms with Gasteiger partial charge in [-0.3, -0.25) is 4.79 Å². The fraction of sp³-hybridized carbons (Fsp3) is 0.462. The molecule has 1 aliphatic rings. The van der Waals surface area contributed by atoms with Gasteiger partial charge < -0.3 is 15.2 Å².